The third-order valence-corrected chi connectivity index (χ3v) is 10.7. The molecule has 0 radical (unpaired) electrons. The van der Waals surface area contributed by atoms with Gasteiger partial charge in [-0.25, -0.2) is 4.79 Å². The predicted octanol–water partition coefficient (Wildman–Crippen LogP) is 4.85. The summed E-state index contributed by atoms with van der Waals surface area (Å²) >= 11 is 0. The molecule has 0 aliphatic carbocycles. The number of carbonyl (C=O) groups excluding carboxylic acids is 2. The van der Waals surface area contributed by atoms with E-state index in [0.717, 1.165) is 14.2 Å². The molecule has 0 bridgehead atoms. The number of alkyl carbamates (subject to hydrolysis) is 1. The van der Waals surface area contributed by atoms with Crippen LogP contribution in [0.4, 0.5) is 4.79 Å². The Labute approximate surface area is 273 Å². The van der Waals surface area contributed by atoms with E-state index in [9.17, 15) is 23.5 Å². The van der Waals surface area contributed by atoms with Crippen LogP contribution in [0.2, 0.25) is 6.32 Å². The Morgan fingerprint density at radius 2 is 1.80 bits per heavy atom. The maximum Gasteiger partial charge on any atom is 0.457 e. The van der Waals surface area contributed by atoms with Gasteiger partial charge in [-0.3, -0.25) is 4.79 Å². The Balaban J connectivity index is 1.80. The second-order valence-corrected chi connectivity index (χ2v) is 16.0. The van der Waals surface area contributed by atoms with E-state index in [0.29, 0.717) is 19.2 Å². The first-order chi connectivity index (χ1) is 21.2. The van der Waals surface area contributed by atoms with E-state index in [-0.39, 0.29) is 19.6 Å². The molecule has 256 valence electrons. The molecule has 3 rings (SSSR count). The van der Waals surface area contributed by atoms with Crippen LogP contribution in [-0.4, -0.2) is 91.8 Å². The van der Waals surface area contributed by atoms with Crippen molar-refractivity contribution in [2.75, 3.05) is 33.2 Å². The average molecular weight is 665 g/mol. The zero-order valence-corrected chi connectivity index (χ0v) is 29.3. The third kappa shape index (κ3) is 8.93. The molecule has 46 heavy (non-hydrogen) atoms. The highest BCUT2D eigenvalue weighted by Crippen LogP contribution is 2.41. The van der Waals surface area contributed by atoms with Crippen molar-refractivity contribution >= 4 is 29.4 Å². The highest BCUT2D eigenvalue weighted by molar-refractivity contribution is 7.86. The fraction of sp³-hybridized carbons (Fsp3) is 0.733. The van der Waals surface area contributed by atoms with E-state index in [1.54, 1.807) is 27.7 Å². The second-order valence-electron chi connectivity index (χ2n) is 13.9. The molecule has 1 N–H and O–H groups in total. The number of amides is 1. The molecule has 1 aromatic carbocycles. The van der Waals surface area contributed by atoms with Crippen LogP contribution >= 0.6 is 0 Å². The normalized spacial score (nSPS) is 23.5. The average Bonchev–Trinajstić information content (AvgIpc) is 3.41. The maximum atomic E-state index is 13.9. The molecule has 2 fully saturated rings. The molecule has 2 aliphatic heterocycles. The van der Waals surface area contributed by atoms with E-state index in [1.807, 2.05) is 58.0 Å². The molecule has 2 aliphatic rings. The zero-order chi connectivity index (χ0) is 34.6. The summed E-state index contributed by atoms with van der Waals surface area (Å²) < 4.78 is 53.0. The Hall–Kier alpha value is -2.88. The highest BCUT2D eigenvalue weighted by Gasteiger charge is 2.57. The number of carbonyl (C=O) groups is 2. The van der Waals surface area contributed by atoms with Crippen LogP contribution in [0.5, 0.6) is 0 Å². The van der Waals surface area contributed by atoms with Gasteiger partial charge >= 0.3 is 19.2 Å². The lowest BCUT2D eigenvalue weighted by Crippen LogP contribution is -2.48. The Morgan fingerprint density at radius 3 is 2.37 bits per heavy atom. The number of hydrogen-bond donors (Lipinski definition) is 1. The zero-order valence-electron chi connectivity index (χ0n) is 28.5. The third-order valence-electron chi connectivity index (χ3n) is 8.76. The van der Waals surface area contributed by atoms with Crippen LogP contribution in [0.3, 0.4) is 0 Å². The van der Waals surface area contributed by atoms with Gasteiger partial charge < -0.3 is 24.1 Å². The quantitative estimate of drug-likeness (QED) is 0.103. The SMILES string of the molecule is C[C@@H](OC(=O)[C@]1(N=[N+]=[N-])CN(S(=O)(=O)N(C)CCNC(=O)OC(C)(C)C)C[C@@H]1CCCB1OC(C)(C)C(C)(C)O1)c1ccccc1. The van der Waals surface area contributed by atoms with E-state index in [2.05, 4.69) is 15.3 Å². The minimum Gasteiger partial charge on any atom is -0.457 e. The summed E-state index contributed by atoms with van der Waals surface area (Å²) in [5, 5.41) is 6.52. The van der Waals surface area contributed by atoms with Crippen molar-refractivity contribution in [3.05, 3.63) is 46.3 Å². The fourth-order valence-corrected chi connectivity index (χ4v) is 6.89. The standard InChI is InChI=1S/C30H49BN6O8S/c1-22(23-14-11-10-12-15-23)42-25(38)30(34-35-32)21-37(46(40,41)36(9)19-18-33-26(39)43-27(2,3)4)20-24(30)16-13-17-31-44-28(5,6)29(7,8)45-31/h10-12,14-15,22,24H,13,16-21H2,1-9H3,(H,33,39)/t22-,24+,30+/m1/s1. The molecule has 0 saturated carbocycles. The number of azide groups is 1. The van der Waals surface area contributed by atoms with Crippen molar-refractivity contribution in [1.82, 2.24) is 13.9 Å². The van der Waals surface area contributed by atoms with Crippen molar-refractivity contribution in [1.29, 1.82) is 0 Å². The number of nitrogens with zero attached hydrogens (tertiary/aromatic N) is 5. The summed E-state index contributed by atoms with van der Waals surface area (Å²) in [6, 6.07) is 9.10. The first-order valence-electron chi connectivity index (χ1n) is 15.6. The van der Waals surface area contributed by atoms with E-state index < -0.39 is 70.3 Å². The summed E-state index contributed by atoms with van der Waals surface area (Å²) in [5.74, 6) is -1.49. The summed E-state index contributed by atoms with van der Waals surface area (Å²) in [4.78, 5) is 29.0. The van der Waals surface area contributed by atoms with Crippen LogP contribution in [-0.2, 0) is 33.8 Å². The molecule has 0 spiro atoms. The van der Waals surface area contributed by atoms with Gasteiger partial charge in [0.1, 0.15) is 11.7 Å². The van der Waals surface area contributed by atoms with Crippen LogP contribution in [0, 0.1) is 5.92 Å². The summed E-state index contributed by atoms with van der Waals surface area (Å²) in [5.41, 5.74) is 6.86. The van der Waals surface area contributed by atoms with Gasteiger partial charge in [-0.05, 0) is 85.1 Å². The van der Waals surface area contributed by atoms with Crippen molar-refractivity contribution < 1.29 is 36.8 Å². The van der Waals surface area contributed by atoms with Gasteiger partial charge in [-0.1, -0.05) is 41.9 Å². The second kappa shape index (κ2) is 14.5. The minimum absolute atomic E-state index is 0.00583. The van der Waals surface area contributed by atoms with Gasteiger partial charge in [-0.15, -0.1) is 0 Å². The van der Waals surface area contributed by atoms with Crippen LogP contribution < -0.4 is 5.32 Å². The van der Waals surface area contributed by atoms with Gasteiger partial charge in [0, 0.05) is 38.1 Å². The lowest BCUT2D eigenvalue weighted by atomic mass is 9.78. The number of ether oxygens (including phenoxy) is 2. The first-order valence-corrected chi connectivity index (χ1v) is 17.0. The first kappa shape index (κ1) is 37.6. The van der Waals surface area contributed by atoms with Gasteiger partial charge in [0.15, 0.2) is 5.54 Å². The van der Waals surface area contributed by atoms with Gasteiger partial charge in [0.05, 0.1) is 11.2 Å². The van der Waals surface area contributed by atoms with Crippen LogP contribution in [0.15, 0.2) is 35.4 Å². The summed E-state index contributed by atoms with van der Waals surface area (Å²) in [6.07, 6.45) is 0.00776. The van der Waals surface area contributed by atoms with Crippen LogP contribution in [0.25, 0.3) is 10.4 Å². The number of esters is 1. The number of rotatable bonds is 13. The minimum atomic E-state index is -4.15. The molecule has 0 unspecified atom stereocenters. The van der Waals surface area contributed by atoms with E-state index in [4.69, 9.17) is 18.8 Å². The van der Waals surface area contributed by atoms with Gasteiger partial charge in [0.2, 0.25) is 0 Å². The Bertz CT molecular complexity index is 1370. The molecule has 16 heteroatoms. The number of hydrogen-bond acceptors (Lipinski definition) is 9. The van der Waals surface area contributed by atoms with Crippen LogP contribution in [0.1, 0.15) is 79.9 Å². The van der Waals surface area contributed by atoms with E-state index in [1.165, 1.54) is 7.05 Å². The lowest BCUT2D eigenvalue weighted by Gasteiger charge is -2.32. The lowest BCUT2D eigenvalue weighted by molar-refractivity contribution is -0.156. The van der Waals surface area contributed by atoms with Gasteiger partial charge in [-0.2, -0.15) is 17.0 Å². The number of nitrogens with one attached hydrogen (secondary N) is 1. The summed E-state index contributed by atoms with van der Waals surface area (Å²) in [6.45, 7) is 14.2. The molecule has 1 aromatic rings. The molecule has 1 amide bonds. The molecule has 2 heterocycles. The van der Waals surface area contributed by atoms with Crippen molar-refractivity contribution in [2.24, 2.45) is 11.0 Å². The number of benzene rings is 1. The molecule has 2 saturated heterocycles. The van der Waals surface area contributed by atoms with Gasteiger partial charge in [0.25, 0.3) is 10.2 Å². The van der Waals surface area contributed by atoms with E-state index >= 15 is 0 Å². The number of likely N-dealkylation sites (N-methyl/N-ethyl adjacent to an activating group) is 1. The molecule has 0 aromatic heterocycles. The molecule has 14 nitrogen and oxygen atoms in total. The van der Waals surface area contributed by atoms with Crippen molar-refractivity contribution in [3.63, 3.8) is 0 Å². The van der Waals surface area contributed by atoms with Crippen molar-refractivity contribution in [2.45, 2.75) is 103 Å². The Kier molecular flexibility index (Phi) is 11.8. The van der Waals surface area contributed by atoms with Crippen molar-refractivity contribution in [3.8, 4) is 0 Å². The highest BCUT2D eigenvalue weighted by atomic mass is 32.2. The monoisotopic (exact) mass is 664 g/mol. The Morgan fingerprint density at radius 1 is 1.20 bits per heavy atom. The molecular weight excluding hydrogens is 615 g/mol. The molecule has 3 atom stereocenters. The molecular formula is C30H49BN6O8S. The predicted molar refractivity (Wildman–Crippen MR) is 174 cm³/mol. The fourth-order valence-electron chi connectivity index (χ4n) is 5.44. The largest absolute Gasteiger partial charge is 0.457 e. The smallest absolute Gasteiger partial charge is 0.457 e. The topological polar surface area (TPSA) is 172 Å². The maximum absolute atomic E-state index is 13.9. The summed E-state index contributed by atoms with van der Waals surface area (Å²) in [7, 11) is -3.25.